The van der Waals surface area contributed by atoms with E-state index >= 15 is 0 Å². The number of hydrogen-bond donors (Lipinski definition) is 3. The Hall–Kier alpha value is -0.640. The summed E-state index contributed by atoms with van der Waals surface area (Å²) in [6, 6.07) is 0. The zero-order chi connectivity index (χ0) is 12.1. The standard InChI is InChI=1S/C13H22O3/c1-3-5-10-11(7-6-9(14)4-2)13(16)8-12(10)15/h3,6-7,9-16H,1,4-5,8H2,2H3/b7-6+/t9-,10+,11+,12-,13+/m0/s1. The van der Waals surface area contributed by atoms with Gasteiger partial charge in [0.25, 0.3) is 0 Å². The molecule has 1 rings (SSSR count). The molecule has 0 radical (unpaired) electrons. The maximum absolute atomic E-state index is 9.81. The van der Waals surface area contributed by atoms with Crippen LogP contribution in [0.25, 0.3) is 0 Å². The third kappa shape index (κ3) is 3.17. The summed E-state index contributed by atoms with van der Waals surface area (Å²) < 4.78 is 0. The number of hydrogen-bond acceptors (Lipinski definition) is 3. The van der Waals surface area contributed by atoms with Crippen molar-refractivity contribution in [1.29, 1.82) is 0 Å². The summed E-state index contributed by atoms with van der Waals surface area (Å²) in [5.74, 6) is -0.0537. The van der Waals surface area contributed by atoms with Crippen molar-refractivity contribution in [1.82, 2.24) is 0 Å². The highest BCUT2D eigenvalue weighted by Crippen LogP contribution is 2.36. The van der Waals surface area contributed by atoms with Crippen LogP contribution in [0.1, 0.15) is 26.2 Å². The second-order valence-corrected chi connectivity index (χ2v) is 4.50. The summed E-state index contributed by atoms with van der Waals surface area (Å²) >= 11 is 0. The van der Waals surface area contributed by atoms with Crippen molar-refractivity contribution in [3.05, 3.63) is 24.8 Å². The molecule has 1 aliphatic carbocycles. The van der Waals surface area contributed by atoms with Crippen LogP contribution in [0, 0.1) is 11.8 Å². The lowest BCUT2D eigenvalue weighted by Crippen LogP contribution is -2.20. The van der Waals surface area contributed by atoms with Gasteiger partial charge in [-0.25, -0.2) is 0 Å². The molecule has 3 heteroatoms. The van der Waals surface area contributed by atoms with Crippen LogP contribution in [0.5, 0.6) is 0 Å². The van der Waals surface area contributed by atoms with Gasteiger partial charge in [-0.3, -0.25) is 0 Å². The molecular weight excluding hydrogens is 204 g/mol. The Bertz CT molecular complexity index is 250. The number of rotatable bonds is 5. The van der Waals surface area contributed by atoms with Gasteiger partial charge in [0.2, 0.25) is 0 Å². The largest absolute Gasteiger partial charge is 0.393 e. The minimum Gasteiger partial charge on any atom is -0.393 e. The fourth-order valence-corrected chi connectivity index (χ4v) is 2.29. The zero-order valence-corrected chi connectivity index (χ0v) is 9.79. The summed E-state index contributed by atoms with van der Waals surface area (Å²) in [5, 5.41) is 29.0. The van der Waals surface area contributed by atoms with E-state index in [0.717, 1.165) is 0 Å². The summed E-state index contributed by atoms with van der Waals surface area (Å²) in [7, 11) is 0. The molecule has 3 N–H and O–H groups in total. The van der Waals surface area contributed by atoms with Crippen molar-refractivity contribution in [3.63, 3.8) is 0 Å². The van der Waals surface area contributed by atoms with E-state index in [1.165, 1.54) is 0 Å². The predicted octanol–water partition coefficient (Wildman–Crippen LogP) is 1.25. The van der Waals surface area contributed by atoms with Crippen molar-refractivity contribution in [2.75, 3.05) is 0 Å². The van der Waals surface area contributed by atoms with E-state index < -0.39 is 18.3 Å². The Morgan fingerprint density at radius 3 is 2.62 bits per heavy atom. The van der Waals surface area contributed by atoms with Crippen molar-refractivity contribution in [2.45, 2.75) is 44.5 Å². The summed E-state index contributed by atoms with van der Waals surface area (Å²) in [4.78, 5) is 0. The van der Waals surface area contributed by atoms with Gasteiger partial charge in [-0.15, -0.1) is 6.58 Å². The normalized spacial score (nSPS) is 36.8. The lowest BCUT2D eigenvalue weighted by molar-refractivity contribution is 0.120. The second kappa shape index (κ2) is 6.18. The van der Waals surface area contributed by atoms with E-state index in [2.05, 4.69) is 6.58 Å². The topological polar surface area (TPSA) is 60.7 Å². The summed E-state index contributed by atoms with van der Waals surface area (Å²) in [6.45, 7) is 5.56. The van der Waals surface area contributed by atoms with E-state index in [4.69, 9.17) is 0 Å². The second-order valence-electron chi connectivity index (χ2n) is 4.50. The van der Waals surface area contributed by atoms with Gasteiger partial charge >= 0.3 is 0 Å². The molecule has 0 aromatic carbocycles. The van der Waals surface area contributed by atoms with Gasteiger partial charge < -0.3 is 15.3 Å². The lowest BCUT2D eigenvalue weighted by atomic mass is 9.90. The average Bonchev–Trinajstić information content (AvgIpc) is 2.52. The van der Waals surface area contributed by atoms with Crippen molar-refractivity contribution in [2.24, 2.45) is 11.8 Å². The predicted molar refractivity (Wildman–Crippen MR) is 63.9 cm³/mol. The lowest BCUT2D eigenvalue weighted by Gasteiger charge is -2.19. The van der Waals surface area contributed by atoms with E-state index in [1.54, 1.807) is 12.2 Å². The molecule has 0 aromatic rings. The first kappa shape index (κ1) is 13.4. The van der Waals surface area contributed by atoms with Crippen molar-refractivity contribution >= 4 is 0 Å². The fourth-order valence-electron chi connectivity index (χ4n) is 2.29. The molecule has 3 nitrogen and oxygen atoms in total. The molecule has 16 heavy (non-hydrogen) atoms. The van der Waals surface area contributed by atoms with E-state index in [0.29, 0.717) is 19.3 Å². The van der Waals surface area contributed by atoms with Gasteiger partial charge in [0.1, 0.15) is 0 Å². The first-order valence-electron chi connectivity index (χ1n) is 5.93. The maximum Gasteiger partial charge on any atom is 0.0718 e. The van der Waals surface area contributed by atoms with Crippen LogP contribution >= 0.6 is 0 Å². The summed E-state index contributed by atoms with van der Waals surface area (Å²) in [6.07, 6.45) is 5.63. The molecule has 0 bridgehead atoms. The molecule has 1 aliphatic rings. The quantitative estimate of drug-likeness (QED) is 0.618. The highest BCUT2D eigenvalue weighted by atomic mass is 16.3. The molecule has 5 atom stereocenters. The minimum atomic E-state index is -0.514. The Balaban J connectivity index is 2.67. The highest BCUT2D eigenvalue weighted by molar-refractivity contribution is 5.05. The number of aliphatic hydroxyl groups excluding tert-OH is 3. The zero-order valence-electron chi connectivity index (χ0n) is 9.79. The molecule has 0 aromatic heterocycles. The third-order valence-corrected chi connectivity index (χ3v) is 3.33. The molecule has 1 fully saturated rings. The van der Waals surface area contributed by atoms with Gasteiger partial charge in [0.15, 0.2) is 0 Å². The molecule has 0 unspecified atom stereocenters. The highest BCUT2D eigenvalue weighted by Gasteiger charge is 2.39. The van der Waals surface area contributed by atoms with Crippen LogP contribution < -0.4 is 0 Å². The van der Waals surface area contributed by atoms with Crippen LogP contribution in [-0.4, -0.2) is 33.6 Å². The van der Waals surface area contributed by atoms with Crippen LogP contribution in [0.2, 0.25) is 0 Å². The molecule has 0 saturated heterocycles. The van der Waals surface area contributed by atoms with Crippen LogP contribution in [0.4, 0.5) is 0 Å². The Morgan fingerprint density at radius 2 is 2.06 bits per heavy atom. The molecule has 92 valence electrons. The average molecular weight is 226 g/mol. The third-order valence-electron chi connectivity index (χ3n) is 3.33. The van der Waals surface area contributed by atoms with E-state index in [1.807, 2.05) is 13.0 Å². The van der Waals surface area contributed by atoms with Gasteiger partial charge in [-0.2, -0.15) is 0 Å². The maximum atomic E-state index is 9.81. The van der Waals surface area contributed by atoms with Crippen LogP contribution in [0.15, 0.2) is 24.8 Å². The molecule has 0 amide bonds. The molecule has 0 heterocycles. The van der Waals surface area contributed by atoms with Gasteiger partial charge in [0, 0.05) is 12.3 Å². The van der Waals surface area contributed by atoms with Crippen molar-refractivity contribution in [3.8, 4) is 0 Å². The Morgan fingerprint density at radius 1 is 1.38 bits per heavy atom. The van der Waals surface area contributed by atoms with Gasteiger partial charge in [0.05, 0.1) is 18.3 Å². The van der Waals surface area contributed by atoms with Crippen molar-refractivity contribution < 1.29 is 15.3 Å². The SMILES string of the molecule is C=CC[C@@H]1[C@@H](/C=C/[C@@H](O)CC)[C@H](O)C[C@@H]1O. The monoisotopic (exact) mass is 226 g/mol. The van der Waals surface area contributed by atoms with Gasteiger partial charge in [-0.1, -0.05) is 25.2 Å². The Labute approximate surface area is 97.1 Å². The summed E-state index contributed by atoms with van der Waals surface area (Å²) in [5.41, 5.74) is 0. The molecule has 1 saturated carbocycles. The van der Waals surface area contributed by atoms with E-state index in [9.17, 15) is 15.3 Å². The molecule has 0 spiro atoms. The van der Waals surface area contributed by atoms with Crippen LogP contribution in [-0.2, 0) is 0 Å². The first-order chi connectivity index (χ1) is 7.60. The van der Waals surface area contributed by atoms with Crippen LogP contribution in [0.3, 0.4) is 0 Å². The molecular formula is C13H22O3. The fraction of sp³-hybridized carbons (Fsp3) is 0.692. The number of aliphatic hydroxyl groups is 3. The van der Waals surface area contributed by atoms with E-state index in [-0.39, 0.29) is 11.8 Å². The molecule has 0 aliphatic heterocycles. The first-order valence-corrected chi connectivity index (χ1v) is 5.93. The minimum absolute atomic E-state index is 0.0211. The Kier molecular flexibility index (Phi) is 5.19. The smallest absolute Gasteiger partial charge is 0.0718 e. The number of allylic oxidation sites excluding steroid dienone is 1. The van der Waals surface area contributed by atoms with Gasteiger partial charge in [-0.05, 0) is 18.8 Å².